The molecule has 0 spiro atoms. The van der Waals surface area contributed by atoms with Crippen LogP contribution in [0.25, 0.3) is 21.5 Å². The van der Waals surface area contributed by atoms with E-state index in [1.165, 1.54) is 0 Å². The molecule has 32 heavy (non-hydrogen) atoms. The summed E-state index contributed by atoms with van der Waals surface area (Å²) < 4.78 is 5.16. The lowest BCUT2D eigenvalue weighted by Gasteiger charge is -2.16. The molecule has 0 aliphatic heterocycles. The molecule has 0 aliphatic rings. The first-order valence-corrected chi connectivity index (χ1v) is 11.0. The van der Waals surface area contributed by atoms with E-state index in [4.69, 9.17) is 14.7 Å². The van der Waals surface area contributed by atoms with Gasteiger partial charge < -0.3 is 14.7 Å². The maximum Gasteiger partial charge on any atom is 0.337 e. The summed E-state index contributed by atoms with van der Waals surface area (Å²) in [5, 5.41) is 17.0. The summed E-state index contributed by atoms with van der Waals surface area (Å²) in [7, 11) is 0. The van der Waals surface area contributed by atoms with Gasteiger partial charge in [0.1, 0.15) is 0 Å². The normalized spacial score (nSPS) is 13.3. The lowest BCUT2D eigenvalue weighted by atomic mass is 9.94. The maximum atomic E-state index is 12.5. The van der Waals surface area contributed by atoms with E-state index in [-0.39, 0.29) is 19.2 Å². The molecule has 3 aromatic carbocycles. The minimum Gasteiger partial charge on any atom is -0.465 e. The zero-order valence-electron chi connectivity index (χ0n) is 18.5. The fourth-order valence-corrected chi connectivity index (χ4v) is 3.72. The van der Waals surface area contributed by atoms with E-state index in [0.717, 1.165) is 27.1 Å². The summed E-state index contributed by atoms with van der Waals surface area (Å²) in [4.78, 5) is 29.8. The molecule has 0 aliphatic carbocycles. The van der Waals surface area contributed by atoms with Crippen molar-refractivity contribution in [3.05, 3.63) is 60.2 Å². The number of ether oxygens (including phenoxy) is 1. The second-order valence-electron chi connectivity index (χ2n) is 7.86. The van der Waals surface area contributed by atoms with Crippen molar-refractivity contribution >= 4 is 39.7 Å². The molecule has 2 unspecified atom stereocenters. The van der Waals surface area contributed by atoms with Crippen molar-refractivity contribution < 1.29 is 24.3 Å². The monoisotopic (exact) mass is 435 g/mol. The average Bonchev–Trinajstić information content (AvgIpc) is 2.81. The van der Waals surface area contributed by atoms with Gasteiger partial charge in [-0.2, -0.15) is 0 Å². The Kier molecular flexibility index (Phi) is 8.34. The van der Waals surface area contributed by atoms with Gasteiger partial charge in [0.05, 0.1) is 24.7 Å². The first-order chi connectivity index (χ1) is 15.5. The summed E-state index contributed by atoms with van der Waals surface area (Å²) in [5.41, 5.74) is 0.887. The van der Waals surface area contributed by atoms with E-state index in [9.17, 15) is 9.59 Å². The van der Waals surface area contributed by atoms with Crippen molar-refractivity contribution in [2.45, 2.75) is 33.1 Å². The van der Waals surface area contributed by atoms with Crippen LogP contribution in [0.2, 0.25) is 0 Å². The van der Waals surface area contributed by atoms with Crippen molar-refractivity contribution in [3.8, 4) is 0 Å². The van der Waals surface area contributed by atoms with Crippen molar-refractivity contribution in [1.82, 2.24) is 0 Å². The van der Waals surface area contributed by atoms with Gasteiger partial charge in [-0.1, -0.05) is 67.5 Å². The van der Waals surface area contributed by atoms with Gasteiger partial charge in [0.25, 0.3) is 0 Å². The van der Waals surface area contributed by atoms with E-state index in [0.29, 0.717) is 19.3 Å². The van der Waals surface area contributed by atoms with E-state index in [1.807, 2.05) is 55.5 Å². The molecule has 2 atom stereocenters. The predicted molar refractivity (Wildman–Crippen MR) is 125 cm³/mol. The Balaban J connectivity index is 1.69. The summed E-state index contributed by atoms with van der Waals surface area (Å²) in [6, 6.07) is 18.1. The molecular weight excluding hydrogens is 406 g/mol. The van der Waals surface area contributed by atoms with Crippen LogP contribution in [-0.4, -0.2) is 36.5 Å². The minimum atomic E-state index is -0.508. The molecule has 3 rings (SSSR count). The summed E-state index contributed by atoms with van der Waals surface area (Å²) in [5.74, 6) is -1.76. The van der Waals surface area contributed by atoms with Crippen LogP contribution in [-0.2, 0) is 19.2 Å². The molecule has 1 N–H and O–H groups in total. The smallest absolute Gasteiger partial charge is 0.337 e. The highest BCUT2D eigenvalue weighted by atomic mass is 16.7. The van der Waals surface area contributed by atoms with Gasteiger partial charge in [-0.15, -0.1) is 0 Å². The minimum absolute atomic E-state index is 0.0310. The summed E-state index contributed by atoms with van der Waals surface area (Å²) in [6.07, 6.45) is 2.86. The highest BCUT2D eigenvalue weighted by Gasteiger charge is 2.25. The van der Waals surface area contributed by atoms with E-state index >= 15 is 0 Å². The quantitative estimate of drug-likeness (QED) is 0.123. The number of carbonyl (C=O) groups excluding carboxylic acids is 2. The molecule has 3 aromatic rings. The lowest BCUT2D eigenvalue weighted by Crippen LogP contribution is -2.24. The molecule has 0 saturated carbocycles. The van der Waals surface area contributed by atoms with E-state index in [2.05, 4.69) is 11.2 Å². The molecule has 0 radical (unpaired) electrons. The molecule has 168 valence electrons. The zero-order chi connectivity index (χ0) is 22.9. The number of carbonyl (C=O) groups is 2. The van der Waals surface area contributed by atoms with Crippen LogP contribution in [0.1, 0.15) is 38.7 Å². The number of fused-ring (bicyclic) bond motifs is 2. The average molecular weight is 436 g/mol. The summed E-state index contributed by atoms with van der Waals surface area (Å²) in [6.45, 7) is 3.74. The van der Waals surface area contributed by atoms with Gasteiger partial charge in [-0.25, -0.2) is 4.79 Å². The van der Waals surface area contributed by atoms with Gasteiger partial charge in [0, 0.05) is 18.6 Å². The highest BCUT2D eigenvalue weighted by molar-refractivity contribution is 6.13. The number of esters is 1. The fourth-order valence-electron chi connectivity index (χ4n) is 3.72. The number of aliphatic hydroxyl groups is 1. The third-order valence-corrected chi connectivity index (χ3v) is 5.55. The maximum absolute atomic E-state index is 12.5. The van der Waals surface area contributed by atoms with Crippen LogP contribution in [0.5, 0.6) is 0 Å². The topological polar surface area (TPSA) is 85.2 Å². The predicted octanol–water partition coefficient (Wildman–Crippen LogP) is 4.85. The molecular formula is C26H29NO5. The number of aliphatic hydroxyl groups excluding tert-OH is 1. The molecule has 0 bridgehead atoms. The Bertz CT molecular complexity index is 1050. The third-order valence-electron chi connectivity index (χ3n) is 5.55. The van der Waals surface area contributed by atoms with Crippen molar-refractivity contribution in [2.24, 2.45) is 17.0 Å². The van der Waals surface area contributed by atoms with Gasteiger partial charge in [0.2, 0.25) is 0 Å². The molecule has 6 heteroatoms. The number of rotatable bonds is 10. The third kappa shape index (κ3) is 5.71. The van der Waals surface area contributed by atoms with Crippen LogP contribution in [0.15, 0.2) is 59.8 Å². The molecule has 6 nitrogen and oxygen atoms in total. The second kappa shape index (κ2) is 11.4. The van der Waals surface area contributed by atoms with E-state index < -0.39 is 17.8 Å². The Hall–Kier alpha value is -3.25. The second-order valence-corrected chi connectivity index (χ2v) is 7.86. The molecule has 0 fully saturated rings. The number of oxime groups is 1. The van der Waals surface area contributed by atoms with Gasteiger partial charge in [0.15, 0.2) is 0 Å². The van der Waals surface area contributed by atoms with Crippen molar-refractivity contribution in [3.63, 3.8) is 0 Å². The standard InChI is InChI=1S/C26H29NO5/c1-3-19(26(30)31-14-8-13-28)15-18(2)25(29)32-27-17-24-22-11-6-4-9-20(22)16-21-10-5-7-12-23(21)24/h4-7,9-12,16-19,28H,3,8,13-15H2,1-2H3. The van der Waals surface area contributed by atoms with Crippen LogP contribution < -0.4 is 0 Å². The van der Waals surface area contributed by atoms with Crippen LogP contribution >= 0.6 is 0 Å². The number of hydrogen-bond donors (Lipinski definition) is 1. The van der Waals surface area contributed by atoms with Gasteiger partial charge in [-0.3, -0.25) is 4.79 Å². The van der Waals surface area contributed by atoms with E-state index in [1.54, 1.807) is 13.1 Å². The summed E-state index contributed by atoms with van der Waals surface area (Å²) >= 11 is 0. The SMILES string of the molecule is CCC(CC(C)C(=O)ON=Cc1c2ccccc2cc2ccccc12)C(=O)OCCCO. The Labute approximate surface area is 187 Å². The van der Waals surface area contributed by atoms with Gasteiger partial charge >= 0.3 is 11.9 Å². The molecule has 0 amide bonds. The van der Waals surface area contributed by atoms with Crippen LogP contribution in [0, 0.1) is 11.8 Å². The highest BCUT2D eigenvalue weighted by Crippen LogP contribution is 2.27. The van der Waals surface area contributed by atoms with Crippen LogP contribution in [0.3, 0.4) is 0 Å². The Morgan fingerprint density at radius 1 is 1.03 bits per heavy atom. The first-order valence-electron chi connectivity index (χ1n) is 11.0. The fraction of sp³-hybridized carbons (Fsp3) is 0.346. The number of nitrogens with zero attached hydrogens (tertiary/aromatic N) is 1. The number of hydrogen-bond acceptors (Lipinski definition) is 6. The largest absolute Gasteiger partial charge is 0.465 e. The Morgan fingerprint density at radius 2 is 1.66 bits per heavy atom. The molecule has 0 heterocycles. The van der Waals surface area contributed by atoms with Crippen molar-refractivity contribution in [2.75, 3.05) is 13.2 Å². The van der Waals surface area contributed by atoms with Crippen molar-refractivity contribution in [1.29, 1.82) is 0 Å². The molecule has 0 saturated heterocycles. The molecule has 0 aromatic heterocycles. The zero-order valence-corrected chi connectivity index (χ0v) is 18.5. The number of benzene rings is 3. The Morgan fingerprint density at radius 3 is 2.25 bits per heavy atom. The lowest BCUT2D eigenvalue weighted by molar-refractivity contribution is -0.152. The van der Waals surface area contributed by atoms with Gasteiger partial charge in [-0.05, 0) is 40.5 Å². The van der Waals surface area contributed by atoms with Crippen LogP contribution in [0.4, 0.5) is 0 Å². The first kappa shape index (κ1) is 23.4.